The largest absolute Gasteiger partial charge is 0.481 e. The van der Waals surface area contributed by atoms with Gasteiger partial charge in [-0.3, -0.25) is 4.79 Å². The van der Waals surface area contributed by atoms with Gasteiger partial charge < -0.3 is 19.8 Å². The summed E-state index contributed by atoms with van der Waals surface area (Å²) in [5.41, 5.74) is 0. The van der Waals surface area contributed by atoms with Gasteiger partial charge in [0.25, 0.3) is 0 Å². The van der Waals surface area contributed by atoms with Gasteiger partial charge in [0, 0.05) is 45.7 Å². The van der Waals surface area contributed by atoms with Crippen molar-refractivity contribution in [3.63, 3.8) is 0 Å². The molecule has 2 aliphatic heterocycles. The molecule has 0 radical (unpaired) electrons. The maximum absolute atomic E-state index is 12.3. The van der Waals surface area contributed by atoms with Crippen LogP contribution in [-0.2, 0) is 4.79 Å². The minimum absolute atomic E-state index is 0.130. The number of carbonyl (C=O) groups is 2. The number of likely N-dealkylation sites (N-methyl/N-ethyl adjacent to an activating group) is 1. The Kier molecular flexibility index (Phi) is 4.63. The lowest BCUT2D eigenvalue weighted by Gasteiger charge is -2.35. The Morgan fingerprint density at radius 2 is 1.79 bits per heavy atom. The smallest absolute Gasteiger partial charge is 0.320 e. The standard InChI is InChI=1S/C13H23N3O3/c1-14-6-8-15(9-7-14)13(19)16-5-4-11(10-16)2-3-12(17)18/h11H,2-10H2,1H3,(H,17,18). The average Bonchev–Trinajstić information content (AvgIpc) is 2.85. The summed E-state index contributed by atoms with van der Waals surface area (Å²) in [7, 11) is 2.07. The topological polar surface area (TPSA) is 64.1 Å². The van der Waals surface area contributed by atoms with Crippen molar-refractivity contribution in [2.75, 3.05) is 46.3 Å². The van der Waals surface area contributed by atoms with Gasteiger partial charge in [-0.2, -0.15) is 0 Å². The number of carbonyl (C=O) groups excluding carboxylic acids is 1. The highest BCUT2D eigenvalue weighted by Gasteiger charge is 2.30. The summed E-state index contributed by atoms with van der Waals surface area (Å²) in [6.45, 7) is 4.95. The van der Waals surface area contributed by atoms with Crippen molar-refractivity contribution in [2.24, 2.45) is 5.92 Å². The molecule has 2 aliphatic rings. The molecule has 2 amide bonds. The zero-order valence-electron chi connectivity index (χ0n) is 11.5. The molecule has 2 fully saturated rings. The maximum atomic E-state index is 12.3. The summed E-state index contributed by atoms with van der Waals surface area (Å²) in [5.74, 6) is -0.392. The first-order valence-corrected chi connectivity index (χ1v) is 7.00. The van der Waals surface area contributed by atoms with Crippen molar-refractivity contribution in [3.8, 4) is 0 Å². The van der Waals surface area contributed by atoms with Crippen molar-refractivity contribution in [2.45, 2.75) is 19.3 Å². The first-order chi connectivity index (χ1) is 9.06. The lowest BCUT2D eigenvalue weighted by atomic mass is 10.0. The van der Waals surface area contributed by atoms with E-state index in [0.717, 1.165) is 45.7 Å². The van der Waals surface area contributed by atoms with Crippen molar-refractivity contribution in [1.29, 1.82) is 0 Å². The summed E-state index contributed by atoms with van der Waals surface area (Å²) in [5, 5.41) is 8.68. The molecule has 0 saturated carbocycles. The zero-order valence-corrected chi connectivity index (χ0v) is 11.5. The highest BCUT2D eigenvalue weighted by atomic mass is 16.4. The molecular formula is C13H23N3O3. The van der Waals surface area contributed by atoms with Gasteiger partial charge in [0.1, 0.15) is 0 Å². The van der Waals surface area contributed by atoms with Crippen LogP contribution in [0, 0.1) is 5.92 Å². The number of nitrogens with zero attached hydrogens (tertiary/aromatic N) is 3. The summed E-state index contributed by atoms with van der Waals surface area (Å²) in [6.07, 6.45) is 1.83. The minimum Gasteiger partial charge on any atom is -0.481 e. The van der Waals surface area contributed by atoms with Crippen LogP contribution in [-0.4, -0.2) is 78.1 Å². The fourth-order valence-corrected chi connectivity index (χ4v) is 2.77. The number of hydrogen-bond donors (Lipinski definition) is 1. The molecule has 2 rings (SSSR count). The highest BCUT2D eigenvalue weighted by Crippen LogP contribution is 2.22. The SMILES string of the molecule is CN1CCN(C(=O)N2CCC(CCC(=O)O)C2)CC1. The molecule has 2 saturated heterocycles. The Balaban J connectivity index is 1.76. The number of urea groups is 1. The van der Waals surface area contributed by atoms with E-state index in [9.17, 15) is 9.59 Å². The normalized spacial score (nSPS) is 24.8. The number of amides is 2. The number of hydrogen-bond acceptors (Lipinski definition) is 3. The fourth-order valence-electron chi connectivity index (χ4n) is 2.77. The van der Waals surface area contributed by atoms with E-state index in [1.165, 1.54) is 0 Å². The third-order valence-corrected chi connectivity index (χ3v) is 4.10. The lowest BCUT2D eigenvalue weighted by molar-refractivity contribution is -0.137. The maximum Gasteiger partial charge on any atom is 0.320 e. The van der Waals surface area contributed by atoms with E-state index >= 15 is 0 Å². The van der Waals surface area contributed by atoms with Crippen LogP contribution in [0.15, 0.2) is 0 Å². The second-order valence-corrected chi connectivity index (χ2v) is 5.61. The molecule has 0 aromatic carbocycles. The summed E-state index contributed by atoms with van der Waals surface area (Å²) in [6, 6.07) is 0.130. The third kappa shape index (κ3) is 3.83. The first-order valence-electron chi connectivity index (χ1n) is 7.00. The van der Waals surface area contributed by atoms with Crippen LogP contribution in [0.1, 0.15) is 19.3 Å². The van der Waals surface area contributed by atoms with Crippen molar-refractivity contribution >= 4 is 12.0 Å². The molecule has 0 aliphatic carbocycles. The van der Waals surface area contributed by atoms with E-state index in [0.29, 0.717) is 12.3 Å². The van der Waals surface area contributed by atoms with E-state index < -0.39 is 5.97 Å². The monoisotopic (exact) mass is 269 g/mol. The van der Waals surface area contributed by atoms with Gasteiger partial charge in [-0.25, -0.2) is 4.79 Å². The van der Waals surface area contributed by atoms with Crippen LogP contribution >= 0.6 is 0 Å². The Labute approximate surface area is 114 Å². The van der Waals surface area contributed by atoms with E-state index in [2.05, 4.69) is 11.9 Å². The Bertz CT molecular complexity index is 340. The molecule has 6 nitrogen and oxygen atoms in total. The zero-order chi connectivity index (χ0) is 13.8. The predicted octanol–water partition coefficient (Wildman–Crippen LogP) is 0.540. The highest BCUT2D eigenvalue weighted by molar-refractivity contribution is 5.75. The quantitative estimate of drug-likeness (QED) is 0.812. The van der Waals surface area contributed by atoms with Crippen LogP contribution in [0.2, 0.25) is 0 Å². The number of carboxylic acid groups (broad SMARTS) is 1. The van der Waals surface area contributed by atoms with Gasteiger partial charge in [-0.05, 0) is 25.8 Å². The Morgan fingerprint density at radius 3 is 2.42 bits per heavy atom. The molecule has 1 unspecified atom stereocenters. The van der Waals surface area contributed by atoms with Crippen LogP contribution in [0.5, 0.6) is 0 Å². The third-order valence-electron chi connectivity index (χ3n) is 4.10. The van der Waals surface area contributed by atoms with Crippen LogP contribution in [0.25, 0.3) is 0 Å². The average molecular weight is 269 g/mol. The van der Waals surface area contributed by atoms with Gasteiger partial charge >= 0.3 is 12.0 Å². The van der Waals surface area contributed by atoms with Gasteiger partial charge in [0.15, 0.2) is 0 Å². The molecule has 0 spiro atoms. The Hall–Kier alpha value is -1.30. The summed E-state index contributed by atoms with van der Waals surface area (Å²) < 4.78 is 0. The molecule has 0 bridgehead atoms. The van der Waals surface area contributed by atoms with Gasteiger partial charge in [0.2, 0.25) is 0 Å². The molecule has 19 heavy (non-hydrogen) atoms. The van der Waals surface area contributed by atoms with Crippen molar-refractivity contribution in [3.05, 3.63) is 0 Å². The van der Waals surface area contributed by atoms with E-state index in [1.54, 1.807) is 0 Å². The molecular weight excluding hydrogens is 246 g/mol. The summed E-state index contributed by atoms with van der Waals surface area (Å²) in [4.78, 5) is 28.9. The molecule has 1 N–H and O–H groups in total. The fraction of sp³-hybridized carbons (Fsp3) is 0.846. The number of likely N-dealkylation sites (tertiary alicyclic amines) is 1. The van der Waals surface area contributed by atoms with E-state index in [1.807, 2.05) is 9.80 Å². The number of aliphatic carboxylic acids is 1. The molecule has 108 valence electrons. The predicted molar refractivity (Wildman–Crippen MR) is 71.0 cm³/mol. The van der Waals surface area contributed by atoms with Crippen molar-refractivity contribution in [1.82, 2.24) is 14.7 Å². The number of rotatable bonds is 3. The minimum atomic E-state index is -0.746. The molecule has 0 aromatic heterocycles. The molecule has 0 aromatic rings. The molecule has 2 heterocycles. The first kappa shape index (κ1) is 14.1. The van der Waals surface area contributed by atoms with Gasteiger partial charge in [-0.15, -0.1) is 0 Å². The second-order valence-electron chi connectivity index (χ2n) is 5.61. The number of piperazine rings is 1. The van der Waals surface area contributed by atoms with Gasteiger partial charge in [-0.1, -0.05) is 0 Å². The van der Waals surface area contributed by atoms with Crippen LogP contribution in [0.4, 0.5) is 4.79 Å². The molecule has 6 heteroatoms. The summed E-state index contributed by atoms with van der Waals surface area (Å²) >= 11 is 0. The van der Waals surface area contributed by atoms with Crippen LogP contribution < -0.4 is 0 Å². The van der Waals surface area contributed by atoms with Crippen LogP contribution in [0.3, 0.4) is 0 Å². The molecule has 1 atom stereocenters. The second kappa shape index (κ2) is 6.23. The Morgan fingerprint density at radius 1 is 1.11 bits per heavy atom. The van der Waals surface area contributed by atoms with Crippen molar-refractivity contribution < 1.29 is 14.7 Å². The number of carboxylic acids is 1. The van der Waals surface area contributed by atoms with E-state index in [-0.39, 0.29) is 12.5 Å². The van der Waals surface area contributed by atoms with Gasteiger partial charge in [0.05, 0.1) is 0 Å². The lowest BCUT2D eigenvalue weighted by Crippen LogP contribution is -2.51. The van der Waals surface area contributed by atoms with E-state index in [4.69, 9.17) is 5.11 Å².